The maximum absolute atomic E-state index is 9.39. The second-order valence-corrected chi connectivity index (χ2v) is 20.3. The molecule has 0 aromatic rings. The molecule has 2 N–H and O–H groups in total. The molecule has 17 heavy (non-hydrogen) atoms. The van der Waals surface area contributed by atoms with Crippen molar-refractivity contribution in [1.29, 1.82) is 0 Å². The Kier molecular flexibility index (Phi) is 5.55. The Balaban J connectivity index is 4.59. The van der Waals surface area contributed by atoms with Crippen LogP contribution in [0.1, 0.15) is 0 Å². The minimum Gasteiger partial charge on any atom is -0.437 e. The molecular formula is C8H26O5Si4. The average molecular weight is 315 g/mol. The molecule has 0 heterocycles. The second kappa shape index (κ2) is 5.34. The van der Waals surface area contributed by atoms with Crippen LogP contribution in [-0.4, -0.2) is 43.8 Å². The van der Waals surface area contributed by atoms with Gasteiger partial charge < -0.3 is 21.9 Å². The smallest absolute Gasteiger partial charge is 0.437 e. The van der Waals surface area contributed by atoms with E-state index in [1.807, 2.05) is 26.2 Å². The summed E-state index contributed by atoms with van der Waals surface area (Å²) in [4.78, 5) is 18.8. The highest BCUT2D eigenvalue weighted by molar-refractivity contribution is 6.87. The Morgan fingerprint density at radius 3 is 1.24 bits per heavy atom. The summed E-state index contributed by atoms with van der Waals surface area (Å²) in [6.07, 6.45) is 0. The lowest BCUT2D eigenvalue weighted by Gasteiger charge is -2.38. The van der Waals surface area contributed by atoms with Crippen LogP contribution in [0.5, 0.6) is 0 Å². The lowest BCUT2D eigenvalue weighted by atomic mass is 11.8. The van der Waals surface area contributed by atoms with E-state index in [1.54, 1.807) is 0 Å². The van der Waals surface area contributed by atoms with Gasteiger partial charge in [0, 0.05) is 6.55 Å². The predicted octanol–water partition coefficient (Wildman–Crippen LogP) is 1.83. The van der Waals surface area contributed by atoms with Crippen molar-refractivity contribution in [3.63, 3.8) is 0 Å². The van der Waals surface area contributed by atoms with Crippen molar-refractivity contribution < 1.29 is 21.9 Å². The predicted molar refractivity (Wildman–Crippen MR) is 77.6 cm³/mol. The highest BCUT2D eigenvalue weighted by atomic mass is 28.5. The van der Waals surface area contributed by atoms with Gasteiger partial charge in [-0.2, -0.15) is 0 Å². The topological polar surface area (TPSA) is 68.2 Å². The summed E-state index contributed by atoms with van der Waals surface area (Å²) in [6.45, 7) is 15.2. The van der Waals surface area contributed by atoms with Gasteiger partial charge in [0.05, 0.1) is 0 Å². The first-order chi connectivity index (χ1) is 7.12. The van der Waals surface area contributed by atoms with Gasteiger partial charge in [-0.15, -0.1) is 0 Å². The fourth-order valence-electron chi connectivity index (χ4n) is 1.84. The average Bonchev–Trinajstić information content (AvgIpc) is 1.65. The van der Waals surface area contributed by atoms with E-state index in [0.29, 0.717) is 0 Å². The Labute approximate surface area is 109 Å². The number of hydrogen-bond acceptors (Lipinski definition) is 5. The van der Waals surface area contributed by atoms with Crippen molar-refractivity contribution in [1.82, 2.24) is 0 Å². The van der Waals surface area contributed by atoms with Crippen LogP contribution in [0.3, 0.4) is 0 Å². The zero-order valence-corrected chi connectivity index (χ0v) is 16.1. The molecular weight excluding hydrogens is 288 g/mol. The van der Waals surface area contributed by atoms with Crippen LogP contribution in [0, 0.1) is 0 Å². The van der Waals surface area contributed by atoms with E-state index in [2.05, 4.69) is 19.6 Å². The molecule has 9 heteroatoms. The summed E-state index contributed by atoms with van der Waals surface area (Å²) in [5.74, 6) is 0. The molecule has 0 aromatic carbocycles. The second-order valence-electron chi connectivity index (χ2n) is 6.15. The van der Waals surface area contributed by atoms with Gasteiger partial charge in [0.15, 0.2) is 8.32 Å². The Hall–Kier alpha value is 0.668. The maximum Gasteiger partial charge on any atom is 0.483 e. The molecule has 0 unspecified atom stereocenters. The van der Waals surface area contributed by atoms with Crippen LogP contribution < -0.4 is 0 Å². The Morgan fingerprint density at radius 1 is 0.588 bits per heavy atom. The molecule has 0 amide bonds. The quantitative estimate of drug-likeness (QED) is 0.732. The summed E-state index contributed by atoms with van der Waals surface area (Å²) >= 11 is 0. The highest BCUT2D eigenvalue weighted by Crippen LogP contribution is 2.22. The van der Waals surface area contributed by atoms with Gasteiger partial charge in [-0.05, 0) is 45.8 Å². The third kappa shape index (κ3) is 10.3. The van der Waals surface area contributed by atoms with Crippen LogP contribution in [0.25, 0.3) is 0 Å². The number of hydrogen-bond donors (Lipinski definition) is 2. The van der Waals surface area contributed by atoms with Crippen LogP contribution in [0.2, 0.25) is 52.4 Å². The molecule has 0 aliphatic heterocycles. The van der Waals surface area contributed by atoms with E-state index < -0.39 is 34.2 Å². The molecule has 0 aliphatic carbocycles. The Morgan fingerprint density at radius 2 is 0.941 bits per heavy atom. The third-order valence-corrected chi connectivity index (χ3v) is 13.3. The van der Waals surface area contributed by atoms with E-state index in [9.17, 15) is 9.59 Å². The van der Waals surface area contributed by atoms with Crippen LogP contribution in [0.4, 0.5) is 0 Å². The van der Waals surface area contributed by atoms with Crippen LogP contribution >= 0.6 is 0 Å². The third-order valence-electron chi connectivity index (χ3n) is 1.48. The fraction of sp³-hybridized carbons (Fsp3) is 1.00. The molecule has 104 valence electrons. The highest BCUT2D eigenvalue weighted by Gasteiger charge is 2.43. The monoisotopic (exact) mass is 314 g/mol. The first-order valence-corrected chi connectivity index (χ1v) is 17.0. The van der Waals surface area contributed by atoms with Crippen LogP contribution in [0.15, 0.2) is 0 Å². The lowest BCUT2D eigenvalue weighted by molar-refractivity contribution is 0.215. The first kappa shape index (κ1) is 17.7. The maximum atomic E-state index is 9.39. The normalized spacial score (nSPS) is 15.2. The van der Waals surface area contributed by atoms with Gasteiger partial charge in [0.2, 0.25) is 0 Å². The molecule has 0 saturated carbocycles. The van der Waals surface area contributed by atoms with Gasteiger partial charge in [-0.25, -0.2) is 0 Å². The van der Waals surface area contributed by atoms with Gasteiger partial charge in [-0.1, -0.05) is 0 Å². The largest absolute Gasteiger partial charge is 0.483 e. The summed E-state index contributed by atoms with van der Waals surface area (Å²) in [6, 6.07) is 0. The SMILES string of the molecule is C[Si](C)(C)O[Si](C)(C)O[Si](C)(C)O[Si](C)(O)O. The minimum absolute atomic E-state index is 1.32. The molecule has 0 bridgehead atoms. The Bertz CT molecular complexity index is 230. The van der Waals surface area contributed by atoms with Crippen molar-refractivity contribution in [2.75, 3.05) is 0 Å². The standard InChI is InChI=1S/C8H26O5Si4/c1-14(2,3)11-15(4,5)12-16(6,7)13-17(8,9)10/h9-10H,1-8H3. The van der Waals surface area contributed by atoms with E-state index in [-0.39, 0.29) is 0 Å². The van der Waals surface area contributed by atoms with Crippen molar-refractivity contribution in [2.45, 2.75) is 52.4 Å². The first-order valence-electron chi connectivity index (χ1n) is 5.67. The minimum atomic E-state index is -3.54. The van der Waals surface area contributed by atoms with Gasteiger partial charge in [-0.3, -0.25) is 0 Å². The zero-order chi connectivity index (χ0) is 14.1. The summed E-state index contributed by atoms with van der Waals surface area (Å²) in [5, 5.41) is 0. The lowest BCUT2D eigenvalue weighted by Crippen LogP contribution is -2.56. The molecule has 0 atom stereocenters. The van der Waals surface area contributed by atoms with Crippen LogP contribution in [-0.2, 0) is 12.3 Å². The van der Waals surface area contributed by atoms with Crippen molar-refractivity contribution in [3.8, 4) is 0 Å². The zero-order valence-electron chi connectivity index (χ0n) is 12.1. The van der Waals surface area contributed by atoms with E-state index in [0.717, 1.165) is 0 Å². The molecule has 0 spiro atoms. The van der Waals surface area contributed by atoms with E-state index in [4.69, 9.17) is 12.3 Å². The molecule has 0 rings (SSSR count). The van der Waals surface area contributed by atoms with Gasteiger partial charge >= 0.3 is 25.9 Å². The van der Waals surface area contributed by atoms with E-state index >= 15 is 0 Å². The number of rotatable bonds is 6. The molecule has 0 fully saturated rings. The van der Waals surface area contributed by atoms with Crippen molar-refractivity contribution in [2.24, 2.45) is 0 Å². The summed E-state index contributed by atoms with van der Waals surface area (Å²) < 4.78 is 17.3. The van der Waals surface area contributed by atoms with Gasteiger partial charge in [0.1, 0.15) is 0 Å². The molecule has 0 radical (unpaired) electrons. The summed E-state index contributed by atoms with van der Waals surface area (Å²) in [7, 11) is -10.0. The van der Waals surface area contributed by atoms with Crippen molar-refractivity contribution >= 4 is 34.2 Å². The summed E-state index contributed by atoms with van der Waals surface area (Å²) in [5.41, 5.74) is 0. The molecule has 5 nitrogen and oxygen atoms in total. The molecule has 0 aliphatic rings. The fourth-order valence-corrected chi connectivity index (χ4v) is 17.3. The van der Waals surface area contributed by atoms with Gasteiger partial charge in [0.25, 0.3) is 0 Å². The van der Waals surface area contributed by atoms with E-state index in [1.165, 1.54) is 6.55 Å². The molecule has 0 saturated heterocycles. The van der Waals surface area contributed by atoms with Crippen molar-refractivity contribution in [3.05, 3.63) is 0 Å². The molecule has 0 aromatic heterocycles.